The molecule has 0 atom stereocenters. The first-order valence-corrected chi connectivity index (χ1v) is 9.78. The predicted octanol–water partition coefficient (Wildman–Crippen LogP) is 5.93. The molecule has 0 aliphatic rings. The average Bonchev–Trinajstić information content (AvgIpc) is 3.34. The van der Waals surface area contributed by atoms with Crippen LogP contribution < -0.4 is 0 Å². The monoisotopic (exact) mass is 402 g/mol. The lowest BCUT2D eigenvalue weighted by Crippen LogP contribution is -1.98. The zero-order valence-electron chi connectivity index (χ0n) is 15.0. The number of halogens is 1. The Morgan fingerprint density at radius 3 is 2.54 bits per heavy atom. The first-order chi connectivity index (χ1) is 13.7. The molecule has 6 heteroatoms. The molecule has 0 bridgehead atoms. The fourth-order valence-electron chi connectivity index (χ4n) is 2.93. The molecule has 2 heterocycles. The zero-order chi connectivity index (χ0) is 19.5. The van der Waals surface area contributed by atoms with Crippen molar-refractivity contribution >= 4 is 34.6 Å². The Morgan fingerprint density at radius 2 is 1.79 bits per heavy atom. The van der Waals surface area contributed by atoms with Gasteiger partial charge < -0.3 is 4.57 Å². The van der Waals surface area contributed by atoms with Crippen LogP contribution in [0, 0.1) is 11.3 Å². The van der Waals surface area contributed by atoms with E-state index >= 15 is 0 Å². The Kier molecular flexibility index (Phi) is 5.07. The van der Waals surface area contributed by atoms with Crippen LogP contribution in [0.1, 0.15) is 10.7 Å². The van der Waals surface area contributed by atoms with Crippen LogP contribution in [0.2, 0.25) is 5.02 Å². The normalized spacial score (nSPS) is 11.4. The number of hydrogen-bond donors (Lipinski definition) is 0. The highest BCUT2D eigenvalue weighted by atomic mass is 35.5. The summed E-state index contributed by atoms with van der Waals surface area (Å²) in [6.07, 6.45) is 1.84. The van der Waals surface area contributed by atoms with Gasteiger partial charge in [0.25, 0.3) is 0 Å². The van der Waals surface area contributed by atoms with Crippen molar-refractivity contribution in [3.63, 3.8) is 0 Å². The van der Waals surface area contributed by atoms with Crippen molar-refractivity contribution in [2.24, 2.45) is 7.05 Å². The maximum atomic E-state index is 9.70. The molecule has 2 aromatic heterocycles. The Labute approximate surface area is 172 Å². The quantitative estimate of drug-likeness (QED) is 0.397. The highest BCUT2D eigenvalue weighted by Gasteiger charge is 2.15. The van der Waals surface area contributed by atoms with Crippen molar-refractivity contribution in [1.82, 2.24) is 14.8 Å². The van der Waals surface area contributed by atoms with Gasteiger partial charge in [0.15, 0.2) is 11.6 Å². The third-order valence-corrected chi connectivity index (χ3v) is 5.72. The van der Waals surface area contributed by atoms with Crippen LogP contribution in [0.4, 0.5) is 0 Å². The Morgan fingerprint density at radius 1 is 1.04 bits per heavy atom. The van der Waals surface area contributed by atoms with Crippen LogP contribution in [0.25, 0.3) is 33.5 Å². The van der Waals surface area contributed by atoms with Gasteiger partial charge in [-0.15, -0.1) is 21.5 Å². The molecule has 4 aromatic rings. The third kappa shape index (κ3) is 3.48. The number of benzene rings is 2. The molecule has 0 spiro atoms. The molecule has 0 radical (unpaired) electrons. The second-order valence-electron chi connectivity index (χ2n) is 6.12. The number of rotatable bonds is 4. The van der Waals surface area contributed by atoms with Crippen LogP contribution in [0.5, 0.6) is 0 Å². The maximum Gasteiger partial charge on any atom is 0.174 e. The van der Waals surface area contributed by atoms with E-state index in [1.54, 1.807) is 11.3 Å². The molecular formula is C22H15ClN4S. The van der Waals surface area contributed by atoms with Crippen molar-refractivity contribution in [3.8, 4) is 27.9 Å². The Bertz CT molecular complexity index is 1200. The number of hydrogen-bond acceptors (Lipinski definition) is 4. The molecule has 0 aliphatic heterocycles. The third-order valence-electron chi connectivity index (χ3n) is 4.32. The minimum atomic E-state index is 0.463. The first-order valence-electron chi connectivity index (χ1n) is 8.59. The van der Waals surface area contributed by atoms with E-state index in [4.69, 9.17) is 11.6 Å². The Hall–Kier alpha value is -3.20. The molecule has 0 amide bonds. The van der Waals surface area contributed by atoms with Gasteiger partial charge in [-0.1, -0.05) is 60.1 Å². The van der Waals surface area contributed by atoms with Gasteiger partial charge >= 0.3 is 0 Å². The molecule has 0 N–H and O–H groups in total. The molecule has 0 aliphatic carbocycles. The zero-order valence-corrected chi connectivity index (χ0v) is 16.6. The number of allylic oxidation sites excluding steroid dienone is 1. The fourth-order valence-corrected chi connectivity index (χ4v) is 4.21. The molecule has 0 saturated heterocycles. The first kappa shape index (κ1) is 18.2. The highest BCUT2D eigenvalue weighted by molar-refractivity contribution is 7.16. The Balaban J connectivity index is 1.69. The van der Waals surface area contributed by atoms with Gasteiger partial charge in [0, 0.05) is 33.0 Å². The molecule has 4 rings (SSSR count). The second-order valence-corrected chi connectivity index (χ2v) is 7.65. The van der Waals surface area contributed by atoms with E-state index in [9.17, 15) is 5.26 Å². The molecule has 4 nitrogen and oxygen atoms in total. The van der Waals surface area contributed by atoms with Crippen molar-refractivity contribution in [1.29, 1.82) is 5.26 Å². The molecule has 136 valence electrons. The van der Waals surface area contributed by atoms with Crippen LogP contribution in [-0.4, -0.2) is 14.8 Å². The summed E-state index contributed by atoms with van der Waals surface area (Å²) < 4.78 is 1.84. The molecule has 0 unspecified atom stereocenters. The van der Waals surface area contributed by atoms with Crippen LogP contribution >= 0.6 is 22.9 Å². The van der Waals surface area contributed by atoms with Crippen LogP contribution in [0.15, 0.2) is 66.7 Å². The molecule has 2 aromatic carbocycles. The van der Waals surface area contributed by atoms with Crippen molar-refractivity contribution in [3.05, 3.63) is 82.5 Å². The second kappa shape index (κ2) is 7.81. The van der Waals surface area contributed by atoms with Gasteiger partial charge in [0.05, 0.1) is 5.57 Å². The van der Waals surface area contributed by atoms with Gasteiger partial charge in [-0.25, -0.2) is 0 Å². The minimum absolute atomic E-state index is 0.463. The smallest absolute Gasteiger partial charge is 0.174 e. The van der Waals surface area contributed by atoms with Crippen molar-refractivity contribution in [2.75, 3.05) is 0 Å². The molecule has 0 fully saturated rings. The molecule has 28 heavy (non-hydrogen) atoms. The standard InChI is InChI=1S/C22H15ClN4S/c1-27-21(15-7-3-2-4-8-15)25-26-22(27)16(14-24)13-17-11-12-20(28-17)18-9-5-6-10-19(18)23/h2-13H,1H3/b16-13+. The summed E-state index contributed by atoms with van der Waals surface area (Å²) in [5, 5.41) is 18.9. The van der Waals surface area contributed by atoms with Gasteiger partial charge in [0.1, 0.15) is 6.07 Å². The lowest BCUT2D eigenvalue weighted by atomic mass is 10.2. The van der Waals surface area contributed by atoms with E-state index in [0.717, 1.165) is 26.7 Å². The topological polar surface area (TPSA) is 54.5 Å². The van der Waals surface area contributed by atoms with Gasteiger partial charge in [-0.2, -0.15) is 5.26 Å². The fraction of sp³-hybridized carbons (Fsp3) is 0.0455. The minimum Gasteiger partial charge on any atom is -0.310 e. The van der Waals surface area contributed by atoms with E-state index in [0.29, 0.717) is 16.4 Å². The summed E-state index contributed by atoms with van der Waals surface area (Å²) in [7, 11) is 1.87. The maximum absolute atomic E-state index is 9.70. The molecular weight excluding hydrogens is 388 g/mol. The largest absolute Gasteiger partial charge is 0.310 e. The van der Waals surface area contributed by atoms with E-state index < -0.39 is 0 Å². The summed E-state index contributed by atoms with van der Waals surface area (Å²) >= 11 is 7.87. The van der Waals surface area contributed by atoms with Crippen molar-refractivity contribution < 1.29 is 0 Å². The van der Waals surface area contributed by atoms with Gasteiger partial charge in [-0.3, -0.25) is 0 Å². The SMILES string of the molecule is Cn1c(/C(C#N)=C/c2ccc(-c3ccccc3Cl)s2)nnc1-c1ccccc1. The van der Waals surface area contributed by atoms with E-state index in [1.165, 1.54) is 0 Å². The van der Waals surface area contributed by atoms with Crippen LogP contribution in [-0.2, 0) is 7.05 Å². The number of thiophene rings is 1. The van der Waals surface area contributed by atoms with E-state index in [-0.39, 0.29) is 0 Å². The lowest BCUT2D eigenvalue weighted by molar-refractivity contribution is 0.901. The van der Waals surface area contributed by atoms with Gasteiger partial charge in [-0.05, 0) is 24.3 Å². The summed E-state index contributed by atoms with van der Waals surface area (Å²) in [5.41, 5.74) is 2.40. The highest BCUT2D eigenvalue weighted by Crippen LogP contribution is 2.34. The average molecular weight is 403 g/mol. The lowest BCUT2D eigenvalue weighted by Gasteiger charge is -2.03. The summed E-state index contributed by atoms with van der Waals surface area (Å²) in [6, 6.07) is 23.8. The summed E-state index contributed by atoms with van der Waals surface area (Å²) in [4.78, 5) is 2.01. The molecule has 0 saturated carbocycles. The number of aromatic nitrogens is 3. The van der Waals surface area contributed by atoms with Gasteiger partial charge in [0.2, 0.25) is 0 Å². The van der Waals surface area contributed by atoms with E-state index in [2.05, 4.69) is 16.3 Å². The summed E-state index contributed by atoms with van der Waals surface area (Å²) in [5.74, 6) is 1.26. The van der Waals surface area contributed by atoms with Crippen molar-refractivity contribution in [2.45, 2.75) is 0 Å². The number of nitrogens with zero attached hydrogens (tertiary/aromatic N) is 4. The van der Waals surface area contributed by atoms with Crippen LogP contribution in [0.3, 0.4) is 0 Å². The predicted molar refractivity (Wildman–Crippen MR) is 115 cm³/mol. The summed E-state index contributed by atoms with van der Waals surface area (Å²) in [6.45, 7) is 0. The number of nitriles is 1. The van der Waals surface area contributed by atoms with E-state index in [1.807, 2.05) is 84.4 Å².